The predicted molar refractivity (Wildman–Crippen MR) is 65.0 cm³/mol. The van der Waals surface area contributed by atoms with E-state index in [1.807, 2.05) is 0 Å². The molecular formula is C14H17F2NO. The summed E-state index contributed by atoms with van der Waals surface area (Å²) in [6.45, 7) is 0.510. The van der Waals surface area contributed by atoms with E-state index in [9.17, 15) is 13.6 Å². The van der Waals surface area contributed by atoms with Gasteiger partial charge in [0, 0.05) is 18.9 Å². The van der Waals surface area contributed by atoms with Crippen LogP contribution in [0.2, 0.25) is 0 Å². The molecule has 0 spiro atoms. The molecule has 2 nitrogen and oxygen atoms in total. The molecule has 1 aliphatic carbocycles. The maximum Gasteiger partial charge on any atom is 0.137 e. The van der Waals surface area contributed by atoms with Gasteiger partial charge in [-0.3, -0.25) is 4.79 Å². The second-order valence-corrected chi connectivity index (χ2v) is 5.23. The number of benzene rings is 1. The standard InChI is InChI=1S/C14H17F2NO/c15-11-4-10(5-12(16)7-11)6-13(18)8-14(9-17)2-1-3-14/h4-5,7H,1-3,6,8-9,17H2. The van der Waals surface area contributed by atoms with Gasteiger partial charge in [0.2, 0.25) is 0 Å². The van der Waals surface area contributed by atoms with E-state index in [0.29, 0.717) is 18.5 Å². The van der Waals surface area contributed by atoms with Crippen LogP contribution in [0.3, 0.4) is 0 Å². The zero-order valence-corrected chi connectivity index (χ0v) is 10.2. The van der Waals surface area contributed by atoms with E-state index in [4.69, 9.17) is 5.73 Å². The smallest absolute Gasteiger partial charge is 0.137 e. The Morgan fingerprint density at radius 1 is 1.22 bits per heavy atom. The first-order valence-electron chi connectivity index (χ1n) is 6.20. The van der Waals surface area contributed by atoms with Crippen molar-refractivity contribution < 1.29 is 13.6 Å². The molecule has 2 N–H and O–H groups in total. The van der Waals surface area contributed by atoms with E-state index in [1.54, 1.807) is 0 Å². The number of nitrogens with two attached hydrogens (primary N) is 1. The van der Waals surface area contributed by atoms with E-state index < -0.39 is 11.6 Å². The van der Waals surface area contributed by atoms with Gasteiger partial charge in [0.15, 0.2) is 0 Å². The van der Waals surface area contributed by atoms with Crippen molar-refractivity contribution in [2.24, 2.45) is 11.1 Å². The van der Waals surface area contributed by atoms with Gasteiger partial charge in [-0.15, -0.1) is 0 Å². The van der Waals surface area contributed by atoms with Crippen LogP contribution in [0.1, 0.15) is 31.2 Å². The van der Waals surface area contributed by atoms with Gasteiger partial charge in [-0.2, -0.15) is 0 Å². The molecule has 98 valence electrons. The highest BCUT2D eigenvalue weighted by Crippen LogP contribution is 2.43. The summed E-state index contributed by atoms with van der Waals surface area (Å²) in [4.78, 5) is 11.9. The van der Waals surface area contributed by atoms with E-state index in [-0.39, 0.29) is 17.6 Å². The zero-order valence-electron chi connectivity index (χ0n) is 10.2. The Morgan fingerprint density at radius 3 is 2.28 bits per heavy atom. The molecule has 1 aromatic rings. The van der Waals surface area contributed by atoms with E-state index in [0.717, 1.165) is 25.3 Å². The summed E-state index contributed by atoms with van der Waals surface area (Å²) in [6.07, 6.45) is 3.57. The first kappa shape index (κ1) is 13.1. The quantitative estimate of drug-likeness (QED) is 0.876. The molecule has 1 saturated carbocycles. The van der Waals surface area contributed by atoms with Crippen LogP contribution < -0.4 is 5.73 Å². The average molecular weight is 253 g/mol. The molecule has 2 rings (SSSR count). The SMILES string of the molecule is NCC1(CC(=O)Cc2cc(F)cc(F)c2)CCC1. The zero-order chi connectivity index (χ0) is 13.2. The van der Waals surface area contributed by atoms with Gasteiger partial charge in [0.05, 0.1) is 0 Å². The lowest BCUT2D eigenvalue weighted by atomic mass is 9.65. The van der Waals surface area contributed by atoms with Crippen molar-refractivity contribution in [1.29, 1.82) is 0 Å². The molecule has 0 heterocycles. The van der Waals surface area contributed by atoms with Gasteiger partial charge < -0.3 is 5.73 Å². The monoisotopic (exact) mass is 253 g/mol. The van der Waals surface area contributed by atoms with Crippen LogP contribution in [-0.4, -0.2) is 12.3 Å². The van der Waals surface area contributed by atoms with Gasteiger partial charge in [0.1, 0.15) is 17.4 Å². The number of hydrogen-bond acceptors (Lipinski definition) is 2. The first-order valence-corrected chi connectivity index (χ1v) is 6.20. The maximum atomic E-state index is 13.0. The number of halogens is 2. The third kappa shape index (κ3) is 2.93. The maximum absolute atomic E-state index is 13.0. The Labute approximate surface area is 105 Å². The molecule has 0 saturated heterocycles. The minimum Gasteiger partial charge on any atom is -0.330 e. The second kappa shape index (κ2) is 5.14. The predicted octanol–water partition coefficient (Wildman–Crippen LogP) is 2.60. The molecule has 1 aliphatic rings. The van der Waals surface area contributed by atoms with Crippen LogP contribution in [0.4, 0.5) is 8.78 Å². The number of carbonyl (C=O) groups is 1. The number of hydrogen-bond donors (Lipinski definition) is 1. The Kier molecular flexibility index (Phi) is 3.76. The van der Waals surface area contributed by atoms with Crippen molar-refractivity contribution in [3.63, 3.8) is 0 Å². The fourth-order valence-corrected chi connectivity index (χ4v) is 2.55. The highest BCUT2D eigenvalue weighted by atomic mass is 19.1. The summed E-state index contributed by atoms with van der Waals surface area (Å²) in [5.41, 5.74) is 6.03. The topological polar surface area (TPSA) is 43.1 Å². The third-order valence-corrected chi connectivity index (χ3v) is 3.74. The Morgan fingerprint density at radius 2 is 1.83 bits per heavy atom. The fraction of sp³-hybridized carbons (Fsp3) is 0.500. The van der Waals surface area contributed by atoms with Gasteiger partial charge >= 0.3 is 0 Å². The van der Waals surface area contributed by atoms with Crippen LogP contribution >= 0.6 is 0 Å². The summed E-state index contributed by atoms with van der Waals surface area (Å²) < 4.78 is 26.0. The average Bonchev–Trinajstić information content (AvgIpc) is 2.21. The highest BCUT2D eigenvalue weighted by Gasteiger charge is 2.37. The van der Waals surface area contributed by atoms with Crippen molar-refractivity contribution in [2.75, 3.05) is 6.54 Å². The van der Waals surface area contributed by atoms with Crippen molar-refractivity contribution in [3.8, 4) is 0 Å². The van der Waals surface area contributed by atoms with Crippen molar-refractivity contribution in [2.45, 2.75) is 32.1 Å². The molecule has 0 atom stereocenters. The Balaban J connectivity index is 1.98. The number of ketones is 1. The summed E-state index contributed by atoms with van der Waals surface area (Å²) >= 11 is 0. The molecule has 0 aliphatic heterocycles. The highest BCUT2D eigenvalue weighted by molar-refractivity contribution is 5.81. The molecule has 4 heteroatoms. The molecule has 0 radical (unpaired) electrons. The fourth-order valence-electron chi connectivity index (χ4n) is 2.55. The van der Waals surface area contributed by atoms with Gasteiger partial charge in [-0.25, -0.2) is 8.78 Å². The third-order valence-electron chi connectivity index (χ3n) is 3.74. The Hall–Kier alpha value is -1.29. The minimum absolute atomic E-state index is 0.00477. The van der Waals surface area contributed by atoms with Crippen molar-refractivity contribution in [1.82, 2.24) is 0 Å². The van der Waals surface area contributed by atoms with E-state index >= 15 is 0 Å². The molecule has 1 aromatic carbocycles. The summed E-state index contributed by atoms with van der Waals surface area (Å²) in [5, 5.41) is 0. The van der Waals surface area contributed by atoms with Gasteiger partial charge in [-0.1, -0.05) is 6.42 Å². The Bertz CT molecular complexity index is 429. The molecule has 0 bridgehead atoms. The van der Waals surface area contributed by atoms with Crippen molar-refractivity contribution in [3.05, 3.63) is 35.4 Å². The number of rotatable bonds is 5. The molecule has 0 unspecified atom stereocenters. The lowest BCUT2D eigenvalue weighted by Gasteiger charge is -2.40. The first-order chi connectivity index (χ1) is 8.53. The van der Waals surface area contributed by atoms with Crippen molar-refractivity contribution >= 4 is 5.78 Å². The summed E-state index contributed by atoms with van der Waals surface area (Å²) in [7, 11) is 0. The molecule has 0 aromatic heterocycles. The van der Waals surface area contributed by atoms with Crippen LogP contribution in [0.25, 0.3) is 0 Å². The molecule has 18 heavy (non-hydrogen) atoms. The lowest BCUT2D eigenvalue weighted by molar-refractivity contribution is -0.122. The van der Waals surface area contributed by atoms with E-state index in [1.165, 1.54) is 12.1 Å². The van der Waals surface area contributed by atoms with E-state index in [2.05, 4.69) is 0 Å². The van der Waals surface area contributed by atoms with Crippen LogP contribution in [-0.2, 0) is 11.2 Å². The van der Waals surface area contributed by atoms with Gasteiger partial charge in [-0.05, 0) is 42.5 Å². The molecule has 0 amide bonds. The summed E-state index contributed by atoms with van der Waals surface area (Å²) in [5.74, 6) is -1.28. The van der Waals surface area contributed by atoms with Gasteiger partial charge in [0.25, 0.3) is 0 Å². The van der Waals surface area contributed by atoms with Crippen LogP contribution in [0.5, 0.6) is 0 Å². The molecular weight excluding hydrogens is 236 g/mol. The number of carbonyl (C=O) groups excluding carboxylic acids is 1. The summed E-state index contributed by atoms with van der Waals surface area (Å²) in [6, 6.07) is 3.22. The van der Waals surface area contributed by atoms with Crippen LogP contribution in [0, 0.1) is 17.0 Å². The lowest BCUT2D eigenvalue weighted by Crippen LogP contribution is -2.39. The van der Waals surface area contributed by atoms with Crippen LogP contribution in [0.15, 0.2) is 18.2 Å². The minimum atomic E-state index is -0.644. The largest absolute Gasteiger partial charge is 0.330 e. The normalized spacial score (nSPS) is 17.3. The second-order valence-electron chi connectivity index (χ2n) is 5.23. The number of Topliss-reactive ketones (excluding diaryl/α,β-unsaturated/α-hetero) is 1. The molecule has 1 fully saturated rings.